The Balaban J connectivity index is 1.86. The Labute approximate surface area is 143 Å². The van der Waals surface area contributed by atoms with Gasteiger partial charge < -0.3 is 10.4 Å². The number of nitrogens with zero attached hydrogens (tertiary/aromatic N) is 1. The molecule has 1 atom stereocenters. The maximum atomic E-state index is 13.8. The molecule has 0 saturated heterocycles. The fourth-order valence-corrected chi connectivity index (χ4v) is 2.61. The van der Waals surface area contributed by atoms with Gasteiger partial charge in [-0.3, -0.25) is 9.78 Å². The van der Waals surface area contributed by atoms with Crippen molar-refractivity contribution in [2.24, 2.45) is 0 Å². The Hall–Kier alpha value is -3.28. The molecular weight excluding hydrogens is 323 g/mol. The van der Waals surface area contributed by atoms with Crippen molar-refractivity contribution < 1.29 is 19.1 Å². The number of carboxylic acids is 1. The molecule has 0 fully saturated rings. The fourth-order valence-electron chi connectivity index (χ4n) is 2.61. The zero-order valence-electron chi connectivity index (χ0n) is 13.1. The molecular formula is C19H15FN2O3. The van der Waals surface area contributed by atoms with E-state index < -0.39 is 23.7 Å². The lowest BCUT2D eigenvalue weighted by atomic mass is 10.0. The van der Waals surface area contributed by atoms with Gasteiger partial charge in [0.15, 0.2) is 0 Å². The van der Waals surface area contributed by atoms with Crippen LogP contribution < -0.4 is 5.32 Å². The number of carboxylic acid groups (broad SMARTS) is 1. The summed E-state index contributed by atoms with van der Waals surface area (Å²) < 4.78 is 13.8. The summed E-state index contributed by atoms with van der Waals surface area (Å²) in [6, 6.07) is 13.3. The molecule has 3 aromatic rings. The maximum Gasteiger partial charge on any atom is 0.326 e. The van der Waals surface area contributed by atoms with Crippen LogP contribution in [0.3, 0.4) is 0 Å². The molecule has 0 saturated carbocycles. The van der Waals surface area contributed by atoms with Crippen LogP contribution in [0.25, 0.3) is 10.9 Å². The number of nitrogens with one attached hydrogen (secondary N) is 1. The summed E-state index contributed by atoms with van der Waals surface area (Å²) in [7, 11) is 0. The van der Waals surface area contributed by atoms with Gasteiger partial charge in [-0.05, 0) is 23.8 Å². The van der Waals surface area contributed by atoms with E-state index >= 15 is 0 Å². The van der Waals surface area contributed by atoms with Crippen molar-refractivity contribution in [3.8, 4) is 0 Å². The summed E-state index contributed by atoms with van der Waals surface area (Å²) in [5, 5.41) is 12.5. The van der Waals surface area contributed by atoms with Gasteiger partial charge in [0.1, 0.15) is 11.9 Å². The Morgan fingerprint density at radius 3 is 2.56 bits per heavy atom. The van der Waals surface area contributed by atoms with Crippen molar-refractivity contribution in [3.63, 3.8) is 0 Å². The van der Waals surface area contributed by atoms with Crippen molar-refractivity contribution in [3.05, 3.63) is 77.7 Å². The molecule has 0 aliphatic rings. The summed E-state index contributed by atoms with van der Waals surface area (Å²) in [5.41, 5.74) is 1.19. The first-order valence-corrected chi connectivity index (χ1v) is 7.67. The molecule has 6 heteroatoms. The number of hydrogen-bond acceptors (Lipinski definition) is 3. The summed E-state index contributed by atoms with van der Waals surface area (Å²) >= 11 is 0. The number of aromatic nitrogens is 1. The fraction of sp³-hybridized carbons (Fsp3) is 0.105. The van der Waals surface area contributed by atoms with E-state index in [1.807, 2.05) is 0 Å². The van der Waals surface area contributed by atoms with Crippen molar-refractivity contribution in [1.29, 1.82) is 0 Å². The van der Waals surface area contributed by atoms with E-state index in [9.17, 15) is 19.1 Å². The molecule has 0 aliphatic heterocycles. The van der Waals surface area contributed by atoms with Crippen molar-refractivity contribution in [2.45, 2.75) is 12.5 Å². The van der Waals surface area contributed by atoms with Crippen LogP contribution in [0.15, 0.2) is 60.8 Å². The molecule has 25 heavy (non-hydrogen) atoms. The van der Waals surface area contributed by atoms with Gasteiger partial charge in [-0.25, -0.2) is 9.18 Å². The zero-order chi connectivity index (χ0) is 17.8. The standard InChI is InChI=1S/C19H15FN2O3/c20-15-7-3-1-5-12(15)11-17(19(24)25)22-18(23)14-9-10-21-16-8-4-2-6-13(14)16/h1-10,17H,11H2,(H,22,23)(H,24,25)/t17-/m1/s1. The minimum Gasteiger partial charge on any atom is -0.480 e. The van der Waals surface area contributed by atoms with Crippen LogP contribution in [0.1, 0.15) is 15.9 Å². The lowest BCUT2D eigenvalue weighted by Crippen LogP contribution is -2.42. The average molecular weight is 338 g/mol. The van der Waals surface area contributed by atoms with Gasteiger partial charge in [-0.2, -0.15) is 0 Å². The third-order valence-corrected chi connectivity index (χ3v) is 3.88. The van der Waals surface area contributed by atoms with Crippen LogP contribution >= 0.6 is 0 Å². The van der Waals surface area contributed by atoms with E-state index in [1.165, 1.54) is 30.5 Å². The highest BCUT2D eigenvalue weighted by atomic mass is 19.1. The van der Waals surface area contributed by atoms with Crippen molar-refractivity contribution >= 4 is 22.8 Å². The molecule has 2 N–H and O–H groups in total. The zero-order valence-corrected chi connectivity index (χ0v) is 13.1. The summed E-state index contributed by atoms with van der Waals surface area (Å²) in [4.78, 5) is 28.2. The van der Waals surface area contributed by atoms with Crippen LogP contribution in [0, 0.1) is 5.82 Å². The highest BCUT2D eigenvalue weighted by molar-refractivity contribution is 6.06. The minimum absolute atomic E-state index is 0.142. The Morgan fingerprint density at radius 1 is 1.08 bits per heavy atom. The van der Waals surface area contributed by atoms with Crippen LogP contribution in [0.2, 0.25) is 0 Å². The molecule has 0 aliphatic carbocycles. The molecule has 0 spiro atoms. The third kappa shape index (κ3) is 3.63. The van der Waals surface area contributed by atoms with E-state index in [0.29, 0.717) is 16.5 Å². The normalized spacial score (nSPS) is 11.9. The van der Waals surface area contributed by atoms with E-state index in [-0.39, 0.29) is 12.0 Å². The SMILES string of the molecule is O=C(N[C@H](Cc1ccccc1F)C(=O)O)c1ccnc2ccccc12. The van der Waals surface area contributed by atoms with E-state index in [4.69, 9.17) is 0 Å². The number of carbonyl (C=O) groups is 2. The molecule has 0 bridgehead atoms. The van der Waals surface area contributed by atoms with Crippen molar-refractivity contribution in [2.75, 3.05) is 0 Å². The Kier molecular flexibility index (Phi) is 4.70. The quantitative estimate of drug-likeness (QED) is 0.750. The molecule has 1 aromatic heterocycles. The van der Waals surface area contributed by atoms with Gasteiger partial charge in [-0.15, -0.1) is 0 Å². The highest BCUT2D eigenvalue weighted by Crippen LogP contribution is 2.17. The number of hydrogen-bond donors (Lipinski definition) is 2. The van der Waals surface area contributed by atoms with Crippen LogP contribution in [-0.2, 0) is 11.2 Å². The van der Waals surface area contributed by atoms with Gasteiger partial charge in [0.2, 0.25) is 0 Å². The van der Waals surface area contributed by atoms with Crippen LogP contribution in [0.5, 0.6) is 0 Å². The maximum absolute atomic E-state index is 13.8. The molecule has 3 rings (SSSR count). The monoisotopic (exact) mass is 338 g/mol. The van der Waals surface area contributed by atoms with Gasteiger partial charge in [0.05, 0.1) is 11.1 Å². The molecule has 0 unspecified atom stereocenters. The number of aliphatic carboxylic acids is 1. The number of carbonyl (C=O) groups excluding carboxylic acids is 1. The molecule has 0 radical (unpaired) electrons. The summed E-state index contributed by atoms with van der Waals surface area (Å²) in [6.45, 7) is 0. The van der Waals surface area contributed by atoms with Gasteiger partial charge in [0.25, 0.3) is 5.91 Å². The Morgan fingerprint density at radius 2 is 1.80 bits per heavy atom. The number of rotatable bonds is 5. The highest BCUT2D eigenvalue weighted by Gasteiger charge is 2.23. The van der Waals surface area contributed by atoms with Crippen LogP contribution in [-0.4, -0.2) is 28.0 Å². The van der Waals surface area contributed by atoms with Gasteiger partial charge in [-0.1, -0.05) is 36.4 Å². The number of pyridine rings is 1. The lowest BCUT2D eigenvalue weighted by Gasteiger charge is -2.16. The van der Waals surface area contributed by atoms with E-state index in [1.54, 1.807) is 30.3 Å². The van der Waals surface area contributed by atoms with Gasteiger partial charge >= 0.3 is 5.97 Å². The lowest BCUT2D eigenvalue weighted by molar-refractivity contribution is -0.139. The number of benzene rings is 2. The first kappa shape index (κ1) is 16.6. The van der Waals surface area contributed by atoms with Gasteiger partial charge in [0, 0.05) is 18.0 Å². The predicted octanol–water partition coefficient (Wildman–Crippen LogP) is 2.80. The molecule has 1 amide bonds. The molecule has 1 heterocycles. The Bertz CT molecular complexity index is 937. The number of amides is 1. The largest absolute Gasteiger partial charge is 0.480 e. The number of fused-ring (bicyclic) bond motifs is 1. The predicted molar refractivity (Wildman–Crippen MR) is 90.7 cm³/mol. The molecule has 2 aromatic carbocycles. The first-order valence-electron chi connectivity index (χ1n) is 7.67. The number of para-hydroxylation sites is 1. The summed E-state index contributed by atoms with van der Waals surface area (Å²) in [5.74, 6) is -2.27. The average Bonchev–Trinajstić information content (AvgIpc) is 2.62. The molecule has 126 valence electrons. The minimum atomic E-state index is -1.24. The van der Waals surface area contributed by atoms with Crippen molar-refractivity contribution in [1.82, 2.24) is 10.3 Å². The summed E-state index contributed by atoms with van der Waals surface area (Å²) in [6.07, 6.45) is 1.35. The van der Waals surface area contributed by atoms with E-state index in [0.717, 1.165) is 0 Å². The second kappa shape index (κ2) is 7.09. The number of halogens is 1. The first-order chi connectivity index (χ1) is 12.1. The van der Waals surface area contributed by atoms with E-state index in [2.05, 4.69) is 10.3 Å². The van der Waals surface area contributed by atoms with Crippen LogP contribution in [0.4, 0.5) is 4.39 Å². The second-order valence-electron chi connectivity index (χ2n) is 5.54. The smallest absolute Gasteiger partial charge is 0.326 e. The third-order valence-electron chi connectivity index (χ3n) is 3.88. The topological polar surface area (TPSA) is 79.3 Å². The second-order valence-corrected chi connectivity index (χ2v) is 5.54. The molecule has 5 nitrogen and oxygen atoms in total.